The molecule has 6 nitrogen and oxygen atoms in total. The van der Waals surface area contributed by atoms with E-state index in [9.17, 15) is 4.79 Å². The van der Waals surface area contributed by atoms with Gasteiger partial charge in [-0.25, -0.2) is 0 Å². The van der Waals surface area contributed by atoms with Gasteiger partial charge in [0.15, 0.2) is 0 Å². The number of amides is 1. The van der Waals surface area contributed by atoms with E-state index in [1.165, 1.54) is 24.6 Å². The standard InChI is InChI=1S/C17H22N4O2S/c1-11-5-3-7-14(12(11)2)19-15(22)10-24-17-21-20-16(23-17)13-6-4-8-18-9-13/h4,6,8-9,11-12,14H,3,5,7,10H2,1-2H3,(H,19,22)/t11-,12+,14-/m0/s1. The van der Waals surface area contributed by atoms with Gasteiger partial charge in [0.1, 0.15) is 0 Å². The molecule has 1 saturated carbocycles. The quantitative estimate of drug-likeness (QED) is 0.838. The maximum atomic E-state index is 12.2. The van der Waals surface area contributed by atoms with E-state index in [-0.39, 0.29) is 17.7 Å². The highest BCUT2D eigenvalue weighted by Gasteiger charge is 2.28. The van der Waals surface area contributed by atoms with Crippen molar-refractivity contribution in [3.63, 3.8) is 0 Å². The molecule has 0 bridgehead atoms. The minimum atomic E-state index is 0.0204. The molecule has 0 aliphatic heterocycles. The second-order valence-corrected chi connectivity index (χ2v) is 7.27. The summed E-state index contributed by atoms with van der Waals surface area (Å²) in [7, 11) is 0. The highest BCUT2D eigenvalue weighted by molar-refractivity contribution is 7.99. The molecule has 128 valence electrons. The lowest BCUT2D eigenvalue weighted by Crippen LogP contribution is -2.44. The summed E-state index contributed by atoms with van der Waals surface area (Å²) in [6.45, 7) is 4.48. The van der Waals surface area contributed by atoms with Gasteiger partial charge in [-0.05, 0) is 30.4 Å². The third-order valence-electron chi connectivity index (χ3n) is 4.69. The Morgan fingerprint density at radius 3 is 3.04 bits per heavy atom. The molecule has 1 fully saturated rings. The van der Waals surface area contributed by atoms with Gasteiger partial charge in [-0.15, -0.1) is 10.2 Å². The van der Waals surface area contributed by atoms with E-state index in [0.717, 1.165) is 12.0 Å². The molecule has 3 atom stereocenters. The maximum absolute atomic E-state index is 12.2. The highest BCUT2D eigenvalue weighted by atomic mass is 32.2. The number of pyridine rings is 1. The fraction of sp³-hybridized carbons (Fsp3) is 0.529. The predicted octanol–water partition coefficient (Wildman–Crippen LogP) is 3.16. The van der Waals surface area contributed by atoms with Crippen LogP contribution in [0, 0.1) is 11.8 Å². The number of hydrogen-bond acceptors (Lipinski definition) is 6. The van der Waals surface area contributed by atoms with Crippen LogP contribution in [0.4, 0.5) is 0 Å². The first-order chi connectivity index (χ1) is 11.6. The monoisotopic (exact) mass is 346 g/mol. The fourth-order valence-electron chi connectivity index (χ4n) is 3.04. The SMILES string of the molecule is C[C@H]1[C@@H](NC(=O)CSc2nnc(-c3cccnc3)o2)CCC[C@@H]1C. The minimum Gasteiger partial charge on any atom is -0.411 e. The molecule has 24 heavy (non-hydrogen) atoms. The average molecular weight is 346 g/mol. The third-order valence-corrected chi connectivity index (χ3v) is 5.51. The third kappa shape index (κ3) is 4.14. The van der Waals surface area contributed by atoms with Gasteiger partial charge >= 0.3 is 0 Å². The molecule has 0 saturated heterocycles. The molecule has 0 radical (unpaired) electrons. The van der Waals surface area contributed by atoms with Gasteiger partial charge < -0.3 is 9.73 Å². The zero-order valence-electron chi connectivity index (χ0n) is 13.9. The number of nitrogens with zero attached hydrogens (tertiary/aromatic N) is 3. The first-order valence-corrected chi connectivity index (χ1v) is 9.28. The Labute approximate surface area is 145 Å². The summed E-state index contributed by atoms with van der Waals surface area (Å²) in [5.74, 6) is 1.91. The summed E-state index contributed by atoms with van der Waals surface area (Å²) in [4.78, 5) is 16.2. The summed E-state index contributed by atoms with van der Waals surface area (Å²) >= 11 is 1.26. The first-order valence-electron chi connectivity index (χ1n) is 8.29. The maximum Gasteiger partial charge on any atom is 0.277 e. The smallest absolute Gasteiger partial charge is 0.277 e. The molecule has 2 aromatic rings. The number of nitrogens with one attached hydrogen (secondary N) is 1. The molecule has 1 aliphatic carbocycles. The van der Waals surface area contributed by atoms with E-state index in [0.29, 0.717) is 22.9 Å². The average Bonchev–Trinajstić information content (AvgIpc) is 3.07. The Bertz CT molecular complexity index is 676. The van der Waals surface area contributed by atoms with E-state index < -0.39 is 0 Å². The van der Waals surface area contributed by atoms with Crippen LogP contribution in [0.5, 0.6) is 0 Å². The fourth-order valence-corrected chi connectivity index (χ4v) is 3.61. The largest absolute Gasteiger partial charge is 0.411 e. The summed E-state index contributed by atoms with van der Waals surface area (Å²) in [6.07, 6.45) is 6.85. The molecule has 1 amide bonds. The van der Waals surface area contributed by atoms with Gasteiger partial charge in [0.05, 0.1) is 11.3 Å². The van der Waals surface area contributed by atoms with Crippen LogP contribution < -0.4 is 5.32 Å². The van der Waals surface area contributed by atoms with Gasteiger partial charge in [0.25, 0.3) is 5.22 Å². The van der Waals surface area contributed by atoms with Crippen molar-refractivity contribution in [3.05, 3.63) is 24.5 Å². The molecule has 0 unspecified atom stereocenters. The number of rotatable bonds is 5. The Morgan fingerprint density at radius 2 is 2.25 bits per heavy atom. The van der Waals surface area contributed by atoms with Crippen molar-refractivity contribution in [1.29, 1.82) is 0 Å². The van der Waals surface area contributed by atoms with E-state index in [1.54, 1.807) is 12.4 Å². The summed E-state index contributed by atoms with van der Waals surface area (Å²) in [5.41, 5.74) is 0.770. The van der Waals surface area contributed by atoms with Gasteiger partial charge in [-0.1, -0.05) is 38.5 Å². The second kappa shape index (κ2) is 7.79. The van der Waals surface area contributed by atoms with Crippen molar-refractivity contribution in [2.75, 3.05) is 5.75 Å². The molecule has 1 N–H and O–H groups in total. The first kappa shape index (κ1) is 17.0. The van der Waals surface area contributed by atoms with E-state index in [2.05, 4.69) is 34.3 Å². The Hall–Kier alpha value is -1.89. The Morgan fingerprint density at radius 1 is 1.38 bits per heavy atom. The zero-order valence-corrected chi connectivity index (χ0v) is 14.8. The summed E-state index contributed by atoms with van der Waals surface area (Å²) in [6, 6.07) is 3.94. The molecule has 3 rings (SSSR count). The molecule has 1 aliphatic rings. The van der Waals surface area contributed by atoms with Gasteiger partial charge in [0, 0.05) is 18.4 Å². The lowest BCUT2D eigenvalue weighted by Gasteiger charge is -2.34. The van der Waals surface area contributed by atoms with Crippen LogP contribution in [-0.4, -0.2) is 32.9 Å². The second-order valence-electron chi connectivity index (χ2n) is 6.34. The lowest BCUT2D eigenvalue weighted by atomic mass is 9.78. The Kier molecular flexibility index (Phi) is 5.50. The summed E-state index contributed by atoms with van der Waals surface area (Å²) in [5, 5.41) is 11.5. The van der Waals surface area contributed by atoms with Crippen molar-refractivity contribution in [3.8, 4) is 11.5 Å². The number of thioether (sulfide) groups is 1. The van der Waals surface area contributed by atoms with Gasteiger partial charge in [0.2, 0.25) is 11.8 Å². The van der Waals surface area contributed by atoms with Crippen molar-refractivity contribution in [2.45, 2.75) is 44.4 Å². The van der Waals surface area contributed by atoms with Gasteiger partial charge in [-0.3, -0.25) is 9.78 Å². The molecule has 2 heterocycles. The van der Waals surface area contributed by atoms with Gasteiger partial charge in [-0.2, -0.15) is 0 Å². The molecule has 0 aromatic carbocycles. The van der Waals surface area contributed by atoms with Crippen LogP contribution in [0.1, 0.15) is 33.1 Å². The molecular formula is C17H22N4O2S. The van der Waals surface area contributed by atoms with Crippen LogP contribution in [0.3, 0.4) is 0 Å². The molecule has 7 heteroatoms. The van der Waals surface area contributed by atoms with Crippen LogP contribution in [0.25, 0.3) is 11.5 Å². The number of hydrogen-bond donors (Lipinski definition) is 1. The Balaban J connectivity index is 1.51. The van der Waals surface area contributed by atoms with Crippen molar-refractivity contribution in [2.24, 2.45) is 11.8 Å². The van der Waals surface area contributed by atoms with E-state index in [1.807, 2.05) is 12.1 Å². The van der Waals surface area contributed by atoms with Crippen LogP contribution in [-0.2, 0) is 4.79 Å². The normalized spacial score (nSPS) is 23.8. The van der Waals surface area contributed by atoms with Crippen molar-refractivity contribution >= 4 is 17.7 Å². The minimum absolute atomic E-state index is 0.0204. The zero-order chi connectivity index (χ0) is 16.9. The topological polar surface area (TPSA) is 80.9 Å². The molecule has 2 aromatic heterocycles. The van der Waals surface area contributed by atoms with Crippen LogP contribution >= 0.6 is 11.8 Å². The van der Waals surface area contributed by atoms with E-state index in [4.69, 9.17) is 4.42 Å². The van der Waals surface area contributed by atoms with E-state index >= 15 is 0 Å². The highest BCUT2D eigenvalue weighted by Crippen LogP contribution is 2.29. The predicted molar refractivity (Wildman–Crippen MR) is 92.4 cm³/mol. The van der Waals surface area contributed by atoms with Crippen molar-refractivity contribution < 1.29 is 9.21 Å². The van der Waals surface area contributed by atoms with Crippen molar-refractivity contribution in [1.82, 2.24) is 20.5 Å². The lowest BCUT2D eigenvalue weighted by molar-refractivity contribution is -0.120. The molecule has 0 spiro atoms. The van der Waals surface area contributed by atoms with Crippen LogP contribution in [0.15, 0.2) is 34.2 Å². The number of aromatic nitrogens is 3. The molecular weight excluding hydrogens is 324 g/mol. The number of carbonyl (C=O) groups excluding carboxylic acids is 1. The van der Waals surface area contributed by atoms with Crippen LogP contribution in [0.2, 0.25) is 0 Å². The summed E-state index contributed by atoms with van der Waals surface area (Å²) < 4.78 is 5.57. The number of carbonyl (C=O) groups is 1.